The molecule has 0 saturated carbocycles. The van der Waals surface area contributed by atoms with Gasteiger partial charge in [-0.3, -0.25) is 19.7 Å². The highest BCUT2D eigenvalue weighted by atomic mass is 32.2. The number of hydrogen-bond donors (Lipinski definition) is 1. The molecule has 2 aromatic rings. The predicted octanol–water partition coefficient (Wildman–Crippen LogP) is 1.86. The summed E-state index contributed by atoms with van der Waals surface area (Å²) in [5.41, 5.74) is 0.361. The Morgan fingerprint density at radius 3 is 2.54 bits per heavy atom. The fraction of sp³-hybridized carbons (Fsp3) is 0.375. The van der Waals surface area contributed by atoms with Gasteiger partial charge in [0.2, 0.25) is 5.91 Å². The number of aromatic nitrogens is 3. The number of nitro benzene ring substituents is 1. The number of nitro groups is 1. The molecule has 0 unspecified atom stereocenters. The second-order valence-corrected chi connectivity index (χ2v) is 6.33. The number of carbonyl (C=O) groups is 2. The van der Waals surface area contributed by atoms with Crippen molar-refractivity contribution in [1.29, 1.82) is 0 Å². The number of nitrogens with one attached hydrogen (secondary N) is 1. The topological polar surface area (TPSA) is 120 Å². The zero-order valence-electron chi connectivity index (χ0n) is 14.5. The number of non-ortho nitro benzene ring substituents is 1. The number of carbonyl (C=O) groups excluding carboxylic acids is 2. The van der Waals surface area contributed by atoms with Gasteiger partial charge in [-0.15, -0.1) is 10.2 Å². The maximum atomic E-state index is 12.3. The predicted molar refractivity (Wildman–Crippen MR) is 96.2 cm³/mol. The molecule has 0 radical (unpaired) electrons. The van der Waals surface area contributed by atoms with Gasteiger partial charge in [-0.05, 0) is 19.1 Å². The van der Waals surface area contributed by atoms with Crippen LogP contribution in [0.5, 0.6) is 0 Å². The lowest BCUT2D eigenvalue weighted by molar-refractivity contribution is -0.384. The zero-order valence-corrected chi connectivity index (χ0v) is 15.3. The Balaban J connectivity index is 1.97. The minimum absolute atomic E-state index is 0.0521. The number of rotatable bonds is 9. The van der Waals surface area contributed by atoms with E-state index in [0.29, 0.717) is 30.2 Å². The minimum Gasteiger partial charge on any atom is -0.356 e. The summed E-state index contributed by atoms with van der Waals surface area (Å²) in [6.45, 7) is 4.53. The van der Waals surface area contributed by atoms with E-state index in [1.54, 1.807) is 0 Å². The molecule has 2 rings (SSSR count). The lowest BCUT2D eigenvalue weighted by atomic mass is 10.1. The molecule has 1 N–H and O–H groups in total. The summed E-state index contributed by atoms with van der Waals surface area (Å²) in [6, 6.07) is 5.52. The van der Waals surface area contributed by atoms with Crippen LogP contribution in [0.2, 0.25) is 0 Å². The van der Waals surface area contributed by atoms with Crippen LogP contribution in [0.3, 0.4) is 0 Å². The summed E-state index contributed by atoms with van der Waals surface area (Å²) >= 11 is 1.26. The first kappa shape index (κ1) is 19.6. The van der Waals surface area contributed by atoms with Gasteiger partial charge in [-0.25, -0.2) is 0 Å². The zero-order chi connectivity index (χ0) is 19.1. The van der Waals surface area contributed by atoms with Crippen molar-refractivity contribution in [3.63, 3.8) is 0 Å². The fourth-order valence-corrected chi connectivity index (χ4v) is 3.18. The fourth-order valence-electron chi connectivity index (χ4n) is 2.26. The number of Topliss-reactive ketones (excluding diaryl/α,β-unsaturated/α-hetero) is 1. The molecule has 1 aromatic carbocycles. The van der Waals surface area contributed by atoms with Gasteiger partial charge in [-0.2, -0.15) is 0 Å². The summed E-state index contributed by atoms with van der Waals surface area (Å²) < 4.78 is 1.90. The van der Waals surface area contributed by atoms with Gasteiger partial charge in [-0.1, -0.05) is 11.8 Å². The average molecular weight is 377 g/mol. The first-order valence-electron chi connectivity index (χ1n) is 7.99. The largest absolute Gasteiger partial charge is 0.356 e. The Morgan fingerprint density at radius 2 is 1.96 bits per heavy atom. The molecule has 0 spiro atoms. The van der Waals surface area contributed by atoms with Crippen molar-refractivity contribution in [1.82, 2.24) is 20.1 Å². The number of amides is 1. The highest BCUT2D eigenvalue weighted by Crippen LogP contribution is 2.20. The molecule has 0 aliphatic heterocycles. The van der Waals surface area contributed by atoms with Crippen LogP contribution in [0, 0.1) is 10.1 Å². The summed E-state index contributed by atoms with van der Waals surface area (Å²) in [7, 11) is 0. The van der Waals surface area contributed by atoms with Crippen molar-refractivity contribution in [2.45, 2.75) is 32.0 Å². The molecule has 26 heavy (non-hydrogen) atoms. The van der Waals surface area contributed by atoms with Crippen molar-refractivity contribution in [3.05, 3.63) is 45.8 Å². The van der Waals surface area contributed by atoms with Gasteiger partial charge in [0.05, 0.1) is 10.7 Å². The SMILES string of the molecule is CCn1c(CCNC(C)=O)nnc1SCC(=O)c1ccc([N+](=O)[O-])cc1. The van der Waals surface area contributed by atoms with Crippen molar-refractivity contribution in [2.24, 2.45) is 0 Å². The lowest BCUT2D eigenvalue weighted by Crippen LogP contribution is -2.23. The molecule has 0 aliphatic rings. The molecule has 0 saturated heterocycles. The van der Waals surface area contributed by atoms with E-state index in [1.807, 2.05) is 11.5 Å². The number of benzene rings is 1. The molecule has 1 heterocycles. The molecular formula is C16H19N5O4S. The van der Waals surface area contributed by atoms with Gasteiger partial charge in [0.15, 0.2) is 10.9 Å². The molecule has 10 heteroatoms. The maximum absolute atomic E-state index is 12.3. The van der Waals surface area contributed by atoms with E-state index < -0.39 is 4.92 Å². The van der Waals surface area contributed by atoms with Gasteiger partial charge in [0.1, 0.15) is 5.82 Å². The minimum atomic E-state index is -0.505. The summed E-state index contributed by atoms with van der Waals surface area (Å²) in [6.07, 6.45) is 0.553. The monoisotopic (exact) mass is 377 g/mol. The van der Waals surface area contributed by atoms with Crippen LogP contribution >= 0.6 is 11.8 Å². The third-order valence-corrected chi connectivity index (χ3v) is 4.53. The normalized spacial score (nSPS) is 10.5. The van der Waals surface area contributed by atoms with Crippen LogP contribution in [-0.2, 0) is 17.8 Å². The molecule has 1 amide bonds. The highest BCUT2D eigenvalue weighted by molar-refractivity contribution is 7.99. The van der Waals surface area contributed by atoms with E-state index in [9.17, 15) is 19.7 Å². The van der Waals surface area contributed by atoms with Crippen molar-refractivity contribution >= 4 is 29.1 Å². The highest BCUT2D eigenvalue weighted by Gasteiger charge is 2.15. The van der Waals surface area contributed by atoms with Gasteiger partial charge in [0.25, 0.3) is 5.69 Å². The smallest absolute Gasteiger partial charge is 0.269 e. The van der Waals surface area contributed by atoms with Crippen LogP contribution in [0.25, 0.3) is 0 Å². The molecule has 9 nitrogen and oxygen atoms in total. The van der Waals surface area contributed by atoms with Gasteiger partial charge >= 0.3 is 0 Å². The first-order valence-corrected chi connectivity index (χ1v) is 8.98. The van der Waals surface area contributed by atoms with E-state index in [4.69, 9.17) is 0 Å². The molecule has 0 bridgehead atoms. The van der Waals surface area contributed by atoms with Crippen LogP contribution in [0.1, 0.15) is 30.0 Å². The van der Waals surface area contributed by atoms with E-state index in [0.717, 1.165) is 5.82 Å². The summed E-state index contributed by atoms with van der Waals surface area (Å²) in [5.74, 6) is 0.652. The van der Waals surface area contributed by atoms with E-state index in [1.165, 1.54) is 43.0 Å². The number of hydrogen-bond acceptors (Lipinski definition) is 7. The lowest BCUT2D eigenvalue weighted by Gasteiger charge is -2.07. The molecule has 1 aromatic heterocycles. The molecule has 0 fully saturated rings. The second kappa shape index (κ2) is 9.09. The summed E-state index contributed by atoms with van der Waals surface area (Å²) in [4.78, 5) is 33.3. The molecular weight excluding hydrogens is 358 g/mol. The third kappa shape index (κ3) is 5.12. The third-order valence-electron chi connectivity index (χ3n) is 3.56. The number of nitrogens with zero attached hydrogens (tertiary/aromatic N) is 4. The molecule has 138 valence electrons. The molecule has 0 aliphatic carbocycles. The maximum Gasteiger partial charge on any atom is 0.269 e. The Kier molecular flexibility index (Phi) is 6.84. The van der Waals surface area contributed by atoms with Crippen LogP contribution in [0.4, 0.5) is 5.69 Å². The van der Waals surface area contributed by atoms with E-state index in [2.05, 4.69) is 15.5 Å². The van der Waals surface area contributed by atoms with Crippen LogP contribution in [-0.4, -0.2) is 43.7 Å². The van der Waals surface area contributed by atoms with Crippen molar-refractivity contribution < 1.29 is 14.5 Å². The summed E-state index contributed by atoms with van der Waals surface area (Å²) in [5, 5.41) is 22.2. The Bertz CT molecular complexity index is 803. The first-order chi connectivity index (χ1) is 12.4. The average Bonchev–Trinajstić information content (AvgIpc) is 3.01. The Labute approximate surface area is 154 Å². The van der Waals surface area contributed by atoms with Crippen LogP contribution < -0.4 is 5.32 Å². The van der Waals surface area contributed by atoms with E-state index in [-0.39, 0.29) is 23.1 Å². The standard InChI is InChI=1S/C16H19N5O4S/c1-3-20-15(8-9-17-11(2)22)18-19-16(20)26-10-14(23)12-4-6-13(7-5-12)21(24)25/h4-7H,3,8-10H2,1-2H3,(H,17,22). The van der Waals surface area contributed by atoms with E-state index >= 15 is 0 Å². The van der Waals surface area contributed by atoms with Gasteiger partial charge in [0, 0.05) is 44.1 Å². The Hall–Kier alpha value is -2.75. The second-order valence-electron chi connectivity index (χ2n) is 5.39. The Morgan fingerprint density at radius 1 is 1.27 bits per heavy atom. The van der Waals surface area contributed by atoms with Crippen molar-refractivity contribution in [2.75, 3.05) is 12.3 Å². The molecule has 0 atom stereocenters. The number of thioether (sulfide) groups is 1. The quantitative estimate of drug-likeness (QED) is 0.306. The number of ketones is 1. The van der Waals surface area contributed by atoms with Crippen LogP contribution in [0.15, 0.2) is 29.4 Å². The van der Waals surface area contributed by atoms with Gasteiger partial charge < -0.3 is 9.88 Å². The van der Waals surface area contributed by atoms with Crippen molar-refractivity contribution in [3.8, 4) is 0 Å².